The van der Waals surface area contributed by atoms with E-state index in [1.165, 1.54) is 0 Å². The number of rotatable bonds is 11. The fraction of sp³-hybridized carbons (Fsp3) is 0.688. The van der Waals surface area contributed by atoms with E-state index in [1.54, 1.807) is 12.0 Å². The number of aromatic nitrogens is 2. The van der Waals surface area contributed by atoms with Crippen LogP contribution in [0.2, 0.25) is 0 Å². The summed E-state index contributed by atoms with van der Waals surface area (Å²) in [5.74, 6) is 0.712. The van der Waals surface area contributed by atoms with E-state index >= 15 is 0 Å². The van der Waals surface area contributed by atoms with E-state index in [-0.39, 0.29) is 35.8 Å². The molecule has 232 valence electrons. The summed E-state index contributed by atoms with van der Waals surface area (Å²) in [6, 6.07) is 7.63. The van der Waals surface area contributed by atoms with Gasteiger partial charge >= 0.3 is 6.09 Å². The van der Waals surface area contributed by atoms with Crippen molar-refractivity contribution in [3.8, 4) is 0 Å². The molecule has 0 radical (unpaired) electrons. The molecule has 0 bridgehead atoms. The first-order valence-corrected chi connectivity index (χ1v) is 15.5. The van der Waals surface area contributed by atoms with E-state index in [4.69, 9.17) is 14.5 Å². The molecule has 0 spiro atoms. The minimum Gasteiger partial charge on any atom is -0.444 e. The Morgan fingerprint density at radius 3 is 2.57 bits per heavy atom. The molecular weight excluding hydrogens is 534 g/mol. The zero-order chi connectivity index (χ0) is 30.4. The maximum absolute atomic E-state index is 14.5. The normalized spacial score (nSPS) is 19.6. The van der Waals surface area contributed by atoms with Crippen LogP contribution in [-0.4, -0.2) is 100 Å². The van der Waals surface area contributed by atoms with Crippen molar-refractivity contribution in [2.45, 2.75) is 84.9 Å². The van der Waals surface area contributed by atoms with E-state index in [9.17, 15) is 14.4 Å². The lowest BCUT2D eigenvalue weighted by Crippen LogP contribution is -2.57. The number of carbonyl (C=O) groups is 3. The summed E-state index contributed by atoms with van der Waals surface area (Å²) in [6.45, 7) is 13.8. The average molecular weight is 584 g/mol. The SMILES string of the molecule is COCCCCn1c(C(=O)N(CC(C)C)C2CC(CN3CCCC3=O)CN(C(=O)OC(C)(C)C)C2)nc2ccccc21. The van der Waals surface area contributed by atoms with Gasteiger partial charge in [0, 0.05) is 59.4 Å². The van der Waals surface area contributed by atoms with Crippen LogP contribution in [0.5, 0.6) is 0 Å². The molecule has 0 saturated carbocycles. The number of unbranched alkanes of at least 4 members (excludes halogenated alkanes) is 1. The van der Waals surface area contributed by atoms with Crippen LogP contribution in [0, 0.1) is 11.8 Å². The van der Waals surface area contributed by atoms with Gasteiger partial charge in [-0.2, -0.15) is 0 Å². The Balaban J connectivity index is 1.66. The number of fused-ring (bicyclic) bond motifs is 1. The average Bonchev–Trinajstić information content (AvgIpc) is 3.51. The van der Waals surface area contributed by atoms with Gasteiger partial charge in [-0.05, 0) is 70.4 Å². The summed E-state index contributed by atoms with van der Waals surface area (Å²) in [5, 5.41) is 0. The van der Waals surface area contributed by atoms with Crippen LogP contribution in [0.15, 0.2) is 24.3 Å². The second-order valence-corrected chi connectivity index (χ2v) is 13.2. The number of nitrogens with zero attached hydrogens (tertiary/aromatic N) is 5. The van der Waals surface area contributed by atoms with Crippen molar-refractivity contribution in [3.63, 3.8) is 0 Å². The van der Waals surface area contributed by atoms with Crippen molar-refractivity contribution in [1.29, 1.82) is 0 Å². The molecule has 2 unspecified atom stereocenters. The summed E-state index contributed by atoms with van der Waals surface area (Å²) in [4.78, 5) is 50.7. The van der Waals surface area contributed by atoms with Gasteiger partial charge < -0.3 is 28.7 Å². The fourth-order valence-corrected chi connectivity index (χ4v) is 6.12. The molecule has 2 fully saturated rings. The number of carbonyl (C=O) groups excluding carboxylic acids is 3. The third-order valence-electron chi connectivity index (χ3n) is 7.91. The molecule has 0 aliphatic carbocycles. The smallest absolute Gasteiger partial charge is 0.410 e. The maximum atomic E-state index is 14.5. The molecule has 1 aromatic heterocycles. The Morgan fingerprint density at radius 2 is 1.90 bits per heavy atom. The highest BCUT2D eigenvalue weighted by Crippen LogP contribution is 2.28. The van der Waals surface area contributed by atoms with Crippen molar-refractivity contribution in [3.05, 3.63) is 30.1 Å². The highest BCUT2D eigenvalue weighted by molar-refractivity contribution is 5.95. The molecular formula is C32H49N5O5. The third-order valence-corrected chi connectivity index (χ3v) is 7.91. The predicted molar refractivity (Wildman–Crippen MR) is 162 cm³/mol. The van der Waals surface area contributed by atoms with E-state index in [0.717, 1.165) is 36.8 Å². The van der Waals surface area contributed by atoms with Crippen LogP contribution in [0.1, 0.15) is 77.3 Å². The Hall–Kier alpha value is -3.14. The summed E-state index contributed by atoms with van der Waals surface area (Å²) < 4.78 is 13.1. The molecule has 10 heteroatoms. The molecule has 2 aromatic rings. The lowest BCUT2D eigenvalue weighted by atomic mass is 9.92. The minimum atomic E-state index is -0.633. The fourth-order valence-electron chi connectivity index (χ4n) is 6.12. The predicted octanol–water partition coefficient (Wildman–Crippen LogP) is 4.81. The van der Waals surface area contributed by atoms with Gasteiger partial charge in [0.2, 0.25) is 5.91 Å². The molecule has 2 atom stereocenters. The highest BCUT2D eigenvalue weighted by atomic mass is 16.6. The summed E-state index contributed by atoms with van der Waals surface area (Å²) >= 11 is 0. The molecule has 1 aromatic carbocycles. The number of aryl methyl sites for hydroxylation is 1. The van der Waals surface area contributed by atoms with Crippen molar-refractivity contribution in [2.24, 2.45) is 11.8 Å². The summed E-state index contributed by atoms with van der Waals surface area (Å²) in [7, 11) is 1.70. The quantitative estimate of drug-likeness (QED) is 0.352. The van der Waals surface area contributed by atoms with Crippen LogP contribution in [0.3, 0.4) is 0 Å². The molecule has 0 N–H and O–H groups in total. The van der Waals surface area contributed by atoms with Crippen LogP contribution >= 0.6 is 0 Å². The van der Waals surface area contributed by atoms with Gasteiger partial charge in [-0.3, -0.25) is 9.59 Å². The number of hydrogen-bond donors (Lipinski definition) is 0. The van der Waals surface area contributed by atoms with Gasteiger partial charge in [0.25, 0.3) is 5.91 Å². The first-order valence-electron chi connectivity index (χ1n) is 15.5. The monoisotopic (exact) mass is 583 g/mol. The Bertz CT molecular complexity index is 1240. The van der Waals surface area contributed by atoms with Crippen LogP contribution in [0.25, 0.3) is 11.0 Å². The Kier molecular flexibility index (Phi) is 10.5. The lowest BCUT2D eigenvalue weighted by molar-refractivity contribution is -0.128. The number of likely N-dealkylation sites (tertiary alicyclic amines) is 2. The van der Waals surface area contributed by atoms with E-state index in [1.807, 2.05) is 59.4 Å². The molecule has 10 nitrogen and oxygen atoms in total. The van der Waals surface area contributed by atoms with Crippen LogP contribution in [-0.2, 0) is 20.8 Å². The maximum Gasteiger partial charge on any atom is 0.410 e. The number of methoxy groups -OCH3 is 1. The largest absolute Gasteiger partial charge is 0.444 e. The molecule has 3 heterocycles. The topological polar surface area (TPSA) is 97.2 Å². The number of para-hydroxylation sites is 2. The lowest BCUT2D eigenvalue weighted by Gasteiger charge is -2.44. The number of imidazole rings is 1. The standard InChI is InChI=1S/C32H49N5O5/c1-23(2)19-37(30(39)29-33-26-12-7-8-13-27(26)36(29)16-9-10-17-41-6)25-18-24(20-34-15-11-14-28(34)38)21-35(22-25)31(40)42-32(3,4)5/h7-8,12-13,23-25H,9-11,14-22H2,1-6H3. The Morgan fingerprint density at radius 1 is 1.14 bits per heavy atom. The van der Waals surface area contributed by atoms with Gasteiger partial charge in [-0.15, -0.1) is 0 Å². The first-order chi connectivity index (χ1) is 20.0. The second-order valence-electron chi connectivity index (χ2n) is 13.2. The molecule has 4 rings (SSSR count). The summed E-state index contributed by atoms with van der Waals surface area (Å²) in [5.41, 5.74) is 1.10. The van der Waals surface area contributed by atoms with E-state index in [0.29, 0.717) is 58.0 Å². The van der Waals surface area contributed by atoms with E-state index < -0.39 is 5.60 Å². The van der Waals surface area contributed by atoms with Crippen LogP contribution in [0.4, 0.5) is 4.79 Å². The van der Waals surface area contributed by atoms with E-state index in [2.05, 4.69) is 13.8 Å². The van der Waals surface area contributed by atoms with Gasteiger partial charge in [0.15, 0.2) is 5.82 Å². The van der Waals surface area contributed by atoms with Crippen LogP contribution < -0.4 is 0 Å². The van der Waals surface area contributed by atoms with Crippen molar-refractivity contribution in [1.82, 2.24) is 24.3 Å². The zero-order valence-corrected chi connectivity index (χ0v) is 26.3. The van der Waals surface area contributed by atoms with Crippen molar-refractivity contribution >= 4 is 28.9 Å². The van der Waals surface area contributed by atoms with Crippen molar-refractivity contribution in [2.75, 3.05) is 46.4 Å². The molecule has 42 heavy (non-hydrogen) atoms. The highest BCUT2D eigenvalue weighted by Gasteiger charge is 2.39. The number of amides is 3. The number of benzene rings is 1. The summed E-state index contributed by atoms with van der Waals surface area (Å²) in [6.07, 6.45) is 3.51. The number of ether oxygens (including phenoxy) is 2. The minimum absolute atomic E-state index is 0.0358. The third kappa shape index (κ3) is 8.02. The van der Waals surface area contributed by atoms with Crippen molar-refractivity contribution < 1.29 is 23.9 Å². The number of piperidine rings is 1. The van der Waals surface area contributed by atoms with Gasteiger partial charge in [-0.25, -0.2) is 9.78 Å². The first kappa shape index (κ1) is 31.8. The van der Waals surface area contributed by atoms with Gasteiger partial charge in [-0.1, -0.05) is 26.0 Å². The second kappa shape index (κ2) is 13.9. The number of hydrogen-bond acceptors (Lipinski definition) is 6. The van der Waals surface area contributed by atoms with Gasteiger partial charge in [0.05, 0.1) is 17.1 Å². The molecule has 2 aliphatic heterocycles. The molecule has 2 aliphatic rings. The molecule has 3 amide bonds. The van der Waals surface area contributed by atoms with Gasteiger partial charge in [0.1, 0.15) is 5.60 Å². The molecule has 2 saturated heterocycles. The zero-order valence-electron chi connectivity index (χ0n) is 26.3. The Labute approximate surface area is 250 Å².